The van der Waals surface area contributed by atoms with Crippen molar-refractivity contribution in [2.45, 2.75) is 79.1 Å². The van der Waals surface area contributed by atoms with Gasteiger partial charge in [-0.2, -0.15) is 0 Å². The van der Waals surface area contributed by atoms with Gasteiger partial charge in [-0.05, 0) is 0 Å². The second kappa shape index (κ2) is 7.42. The summed E-state index contributed by atoms with van der Waals surface area (Å²) in [6, 6.07) is 14.7. The Hall–Kier alpha value is -0.621. The summed E-state index contributed by atoms with van der Waals surface area (Å²) in [7, 11) is 0. The Balaban J connectivity index is 2.78. The van der Waals surface area contributed by atoms with E-state index in [0.717, 1.165) is 8.97 Å². The molecule has 2 aromatic rings. The number of benzene rings is 2. The molecule has 26 heavy (non-hydrogen) atoms. The molecular weight excluding hydrogens is 431 g/mol. The topological polar surface area (TPSA) is 27.7 Å². The second-order valence-electron chi connectivity index (χ2n) is 9.73. The summed E-state index contributed by atoms with van der Waals surface area (Å²) in [5.41, 5.74) is -1.11. The van der Waals surface area contributed by atoms with Gasteiger partial charge in [0.15, 0.2) is 0 Å². The van der Waals surface area contributed by atoms with Crippen LogP contribution in [0, 0.1) is 0 Å². The molecule has 2 aromatic carbocycles. The molecule has 0 saturated heterocycles. The fraction of sp³-hybridized carbons (Fsp3) is 0.545. The first-order valence-electron chi connectivity index (χ1n) is 9.30. The molecule has 0 spiro atoms. The first-order valence-corrected chi connectivity index (χ1v) is 14.2. The van der Waals surface area contributed by atoms with Gasteiger partial charge in [0.1, 0.15) is 0 Å². The Morgan fingerprint density at radius 2 is 1.00 bits per heavy atom. The summed E-state index contributed by atoms with van der Waals surface area (Å²) in [6.45, 7) is 18.6. The molecule has 0 N–H and O–H groups in total. The fourth-order valence-corrected chi connectivity index (χ4v) is 13.6. The van der Waals surface area contributed by atoms with Gasteiger partial charge >= 0.3 is 165 Å². The molecule has 144 valence electrons. The van der Waals surface area contributed by atoms with Gasteiger partial charge in [0.05, 0.1) is 0 Å². The maximum absolute atomic E-state index is 6.74. The van der Waals surface area contributed by atoms with Gasteiger partial charge in [-0.15, -0.1) is 0 Å². The minimum absolute atomic E-state index is 0.372. The zero-order valence-electron chi connectivity index (χ0n) is 17.8. The quantitative estimate of drug-likeness (QED) is 0.564. The van der Waals surface area contributed by atoms with E-state index in [4.69, 9.17) is 9.22 Å². The summed E-state index contributed by atoms with van der Waals surface area (Å²) in [5, 5.41) is 2.34. The number of fused-ring (bicyclic) bond motifs is 1. The maximum atomic E-state index is 6.74. The Morgan fingerprint density at radius 3 is 1.46 bits per heavy atom. The standard InChI is InChI=1S/C10H7.3C4H9O.Sn/c1-2-6-10-8-4-3-7-9(10)5-1;3*1-4(2,3)5;/h1-7H;3*1-3H3;/q;3*-1;+3. The van der Waals surface area contributed by atoms with E-state index in [9.17, 15) is 0 Å². The molecule has 0 saturated carbocycles. The average Bonchev–Trinajstić information content (AvgIpc) is 2.40. The molecule has 0 aliphatic rings. The Kier molecular flexibility index (Phi) is 6.19. The number of rotatable bonds is 4. The van der Waals surface area contributed by atoms with E-state index < -0.39 is 19.6 Å². The summed E-state index contributed by atoms with van der Waals surface area (Å²) in [4.78, 5) is 0. The first kappa shape index (κ1) is 21.7. The molecule has 3 nitrogen and oxygen atoms in total. The molecule has 0 radical (unpaired) electrons. The van der Waals surface area contributed by atoms with Crippen molar-refractivity contribution in [3.63, 3.8) is 0 Å². The first-order chi connectivity index (χ1) is 11.7. The van der Waals surface area contributed by atoms with E-state index in [1.54, 1.807) is 0 Å². The van der Waals surface area contributed by atoms with Crippen molar-refractivity contribution >= 4 is 34.0 Å². The van der Waals surface area contributed by atoms with Gasteiger partial charge < -0.3 is 0 Å². The fourth-order valence-electron chi connectivity index (χ4n) is 2.93. The zero-order valence-corrected chi connectivity index (χ0v) is 20.6. The van der Waals surface area contributed by atoms with Crippen LogP contribution in [0.2, 0.25) is 0 Å². The van der Waals surface area contributed by atoms with Gasteiger partial charge in [-0.25, -0.2) is 0 Å². The molecular formula is C22H34O3Sn. The van der Waals surface area contributed by atoms with Crippen LogP contribution < -0.4 is 3.58 Å². The van der Waals surface area contributed by atoms with Gasteiger partial charge in [0, 0.05) is 0 Å². The molecule has 0 heterocycles. The van der Waals surface area contributed by atoms with Crippen molar-refractivity contribution in [2.24, 2.45) is 0 Å². The monoisotopic (exact) mass is 466 g/mol. The molecule has 0 unspecified atom stereocenters. The van der Waals surface area contributed by atoms with E-state index >= 15 is 0 Å². The summed E-state index contributed by atoms with van der Waals surface area (Å²) in [6.07, 6.45) is 0. The van der Waals surface area contributed by atoms with E-state index in [-0.39, 0.29) is 16.8 Å². The Labute approximate surface area is 164 Å². The van der Waals surface area contributed by atoms with Crippen molar-refractivity contribution in [1.29, 1.82) is 0 Å². The predicted molar refractivity (Wildman–Crippen MR) is 112 cm³/mol. The molecule has 0 aromatic heterocycles. The van der Waals surface area contributed by atoms with Gasteiger partial charge in [-0.3, -0.25) is 0 Å². The van der Waals surface area contributed by atoms with E-state index in [0.29, 0.717) is 0 Å². The van der Waals surface area contributed by atoms with Gasteiger partial charge in [0.25, 0.3) is 0 Å². The van der Waals surface area contributed by atoms with Crippen LogP contribution in [0.5, 0.6) is 0 Å². The van der Waals surface area contributed by atoms with E-state index in [1.807, 2.05) is 0 Å². The molecule has 4 heteroatoms. The van der Waals surface area contributed by atoms with E-state index in [2.05, 4.69) is 105 Å². The van der Waals surface area contributed by atoms with Crippen LogP contribution in [0.1, 0.15) is 62.3 Å². The SMILES string of the molecule is CC(C)(C)[O][Sn]([O]C(C)(C)C)([O]C(C)(C)C)[c]1cccc2ccccc12. The average molecular weight is 465 g/mol. The third kappa shape index (κ3) is 5.94. The van der Waals surface area contributed by atoms with Crippen molar-refractivity contribution in [2.75, 3.05) is 0 Å². The Bertz CT molecular complexity index is 702. The van der Waals surface area contributed by atoms with Crippen molar-refractivity contribution in [3.05, 3.63) is 42.5 Å². The van der Waals surface area contributed by atoms with Crippen LogP contribution in [0.4, 0.5) is 0 Å². The van der Waals surface area contributed by atoms with Crippen LogP contribution in [-0.2, 0) is 9.22 Å². The predicted octanol–water partition coefficient (Wildman–Crippen LogP) is 5.43. The summed E-state index contributed by atoms with van der Waals surface area (Å²) >= 11 is -4.22. The molecule has 0 amide bonds. The van der Waals surface area contributed by atoms with Gasteiger partial charge in [0.2, 0.25) is 0 Å². The second-order valence-corrected chi connectivity index (χ2v) is 16.2. The van der Waals surface area contributed by atoms with E-state index in [1.165, 1.54) is 5.39 Å². The Morgan fingerprint density at radius 1 is 0.577 bits per heavy atom. The van der Waals surface area contributed by atoms with Crippen molar-refractivity contribution < 1.29 is 9.22 Å². The number of hydrogen-bond acceptors (Lipinski definition) is 3. The molecule has 0 atom stereocenters. The molecule has 0 aliphatic heterocycles. The van der Waals surface area contributed by atoms with Crippen LogP contribution in [0.25, 0.3) is 10.8 Å². The zero-order chi connectivity index (χ0) is 19.8. The molecule has 2 rings (SSSR count). The third-order valence-electron chi connectivity index (χ3n) is 3.44. The summed E-state index contributed by atoms with van der Waals surface area (Å²) < 4.78 is 21.3. The summed E-state index contributed by atoms with van der Waals surface area (Å²) in [5.74, 6) is 0. The van der Waals surface area contributed by atoms with Crippen LogP contribution in [-0.4, -0.2) is 36.4 Å². The molecule has 0 fully saturated rings. The van der Waals surface area contributed by atoms with Crippen molar-refractivity contribution in [3.8, 4) is 0 Å². The normalized spacial score (nSPS) is 14.0. The van der Waals surface area contributed by atoms with Crippen LogP contribution in [0.3, 0.4) is 0 Å². The van der Waals surface area contributed by atoms with Gasteiger partial charge in [-0.1, -0.05) is 0 Å². The van der Waals surface area contributed by atoms with Crippen molar-refractivity contribution in [1.82, 2.24) is 0 Å². The number of hydrogen-bond donors (Lipinski definition) is 0. The van der Waals surface area contributed by atoms with Crippen LogP contribution in [0.15, 0.2) is 42.5 Å². The molecule has 0 bridgehead atoms. The third-order valence-corrected chi connectivity index (χ3v) is 14.1. The minimum atomic E-state index is -4.22. The molecule has 0 aliphatic carbocycles. The van der Waals surface area contributed by atoms with Crippen LogP contribution >= 0.6 is 0 Å².